The van der Waals surface area contributed by atoms with E-state index in [0.29, 0.717) is 5.56 Å². The van der Waals surface area contributed by atoms with Gasteiger partial charge in [-0.1, -0.05) is 30.3 Å². The van der Waals surface area contributed by atoms with Crippen LogP contribution in [0.1, 0.15) is 43.6 Å². The maximum absolute atomic E-state index is 13.6. The van der Waals surface area contributed by atoms with E-state index in [1.165, 1.54) is 17.0 Å². The number of piperazine rings is 1. The zero-order chi connectivity index (χ0) is 25.8. The number of ether oxygens (including phenoxy) is 1. The van der Waals surface area contributed by atoms with E-state index in [-0.39, 0.29) is 23.9 Å². The summed E-state index contributed by atoms with van der Waals surface area (Å²) in [5, 5.41) is 22.7. The fourth-order valence-electron chi connectivity index (χ4n) is 4.93. The highest BCUT2D eigenvalue weighted by Gasteiger charge is 2.49. The van der Waals surface area contributed by atoms with E-state index in [1.807, 2.05) is 24.3 Å². The van der Waals surface area contributed by atoms with Gasteiger partial charge in [0.25, 0.3) is 5.91 Å². The second-order valence-electron chi connectivity index (χ2n) is 9.89. The number of hydrazine groups is 1. The minimum atomic E-state index is -0.904. The molecule has 188 valence electrons. The van der Waals surface area contributed by atoms with E-state index < -0.39 is 35.6 Å². The lowest BCUT2D eigenvalue weighted by Crippen LogP contribution is -2.66. The highest BCUT2D eigenvalue weighted by Crippen LogP contribution is 2.42. The topological polar surface area (TPSA) is 141 Å². The van der Waals surface area contributed by atoms with Gasteiger partial charge in [-0.2, -0.15) is 0 Å². The Bertz CT molecular complexity index is 1360. The van der Waals surface area contributed by atoms with Gasteiger partial charge in [0.1, 0.15) is 18.2 Å². The summed E-state index contributed by atoms with van der Waals surface area (Å²) in [5.74, 6) is -0.844. The third-order valence-electron chi connectivity index (χ3n) is 6.30. The number of benzene rings is 2. The summed E-state index contributed by atoms with van der Waals surface area (Å²) in [7, 11) is 0. The highest BCUT2D eigenvalue weighted by molar-refractivity contribution is 5.98. The first-order valence-electron chi connectivity index (χ1n) is 11.5. The molecule has 2 aliphatic rings. The van der Waals surface area contributed by atoms with Crippen molar-refractivity contribution in [2.45, 2.75) is 44.9 Å². The number of rotatable bonds is 3. The number of amides is 3. The fourth-order valence-corrected chi connectivity index (χ4v) is 4.93. The molecule has 2 aliphatic heterocycles. The zero-order valence-electron chi connectivity index (χ0n) is 20.0. The van der Waals surface area contributed by atoms with E-state index >= 15 is 0 Å². The Morgan fingerprint density at radius 2 is 1.94 bits per heavy atom. The van der Waals surface area contributed by atoms with E-state index in [2.05, 4.69) is 10.4 Å². The van der Waals surface area contributed by atoms with Gasteiger partial charge in [0.15, 0.2) is 0 Å². The molecule has 3 amide bonds. The summed E-state index contributed by atoms with van der Waals surface area (Å²) in [6, 6.07) is 12.3. The van der Waals surface area contributed by atoms with Crippen LogP contribution >= 0.6 is 0 Å². The molecule has 2 aromatic carbocycles. The van der Waals surface area contributed by atoms with Crippen molar-refractivity contribution in [2.75, 3.05) is 11.8 Å². The average Bonchev–Trinajstić information content (AvgIpc) is 3.18. The summed E-state index contributed by atoms with van der Waals surface area (Å²) in [5.41, 5.74) is 4.62. The molecule has 2 unspecified atom stereocenters. The quantitative estimate of drug-likeness (QED) is 0.477. The second kappa shape index (κ2) is 8.54. The van der Waals surface area contributed by atoms with Crippen molar-refractivity contribution in [1.29, 1.82) is 0 Å². The van der Waals surface area contributed by atoms with Crippen LogP contribution in [0.2, 0.25) is 0 Å². The molecule has 0 radical (unpaired) electrons. The van der Waals surface area contributed by atoms with E-state index in [0.717, 1.165) is 27.2 Å². The monoisotopic (exact) mass is 492 g/mol. The molecule has 11 nitrogen and oxygen atoms in total. The molecule has 2 atom stereocenters. The van der Waals surface area contributed by atoms with Crippen molar-refractivity contribution in [3.63, 3.8) is 0 Å². The molecule has 5 rings (SSSR count). The Balaban J connectivity index is 1.58. The van der Waals surface area contributed by atoms with Crippen LogP contribution in [-0.4, -0.2) is 56.2 Å². The smallest absolute Gasteiger partial charge is 0.426 e. The Kier molecular flexibility index (Phi) is 5.61. The van der Waals surface area contributed by atoms with Gasteiger partial charge in [0, 0.05) is 23.0 Å². The van der Waals surface area contributed by atoms with Crippen LogP contribution in [0.3, 0.4) is 0 Å². The molecule has 36 heavy (non-hydrogen) atoms. The summed E-state index contributed by atoms with van der Waals surface area (Å²) in [4.78, 5) is 44.3. The largest absolute Gasteiger partial charge is 0.733 e. The number of aromatic amines is 1. The third kappa shape index (κ3) is 4.12. The number of H-pyrrole nitrogens is 1. The number of anilines is 1. The normalized spacial score (nSPS) is 19.7. The number of aromatic nitrogens is 1. The van der Waals surface area contributed by atoms with Gasteiger partial charge in [-0.05, 0) is 50.1 Å². The van der Waals surface area contributed by atoms with Crippen LogP contribution in [0, 0.1) is 5.21 Å². The number of hydrogen-bond donors (Lipinski definition) is 3. The molecule has 1 saturated heterocycles. The van der Waals surface area contributed by atoms with Crippen LogP contribution < -0.4 is 10.7 Å². The number of fused-ring (bicyclic) bond motifs is 4. The van der Waals surface area contributed by atoms with Gasteiger partial charge in [-0.25, -0.2) is 15.2 Å². The van der Waals surface area contributed by atoms with E-state index in [9.17, 15) is 24.8 Å². The Morgan fingerprint density at radius 1 is 1.19 bits per heavy atom. The molecule has 3 heterocycles. The Morgan fingerprint density at radius 3 is 2.67 bits per heavy atom. The van der Waals surface area contributed by atoms with Crippen molar-refractivity contribution >= 4 is 34.5 Å². The molecular formula is C25H26N5O6-. The van der Waals surface area contributed by atoms with Gasteiger partial charge >= 0.3 is 6.09 Å². The van der Waals surface area contributed by atoms with Crippen LogP contribution in [0.5, 0.6) is 0 Å². The molecule has 11 heteroatoms. The van der Waals surface area contributed by atoms with Crippen molar-refractivity contribution in [3.05, 3.63) is 70.6 Å². The van der Waals surface area contributed by atoms with Crippen molar-refractivity contribution in [2.24, 2.45) is 0 Å². The molecule has 0 bridgehead atoms. The molecular weight excluding hydrogens is 466 g/mol. The lowest BCUT2D eigenvalue weighted by molar-refractivity contribution is -0.161. The summed E-state index contributed by atoms with van der Waals surface area (Å²) >= 11 is 0. The minimum absolute atomic E-state index is 0.00344. The lowest BCUT2D eigenvalue weighted by Gasteiger charge is -2.46. The van der Waals surface area contributed by atoms with Crippen molar-refractivity contribution in [1.82, 2.24) is 20.3 Å². The molecule has 0 aliphatic carbocycles. The van der Waals surface area contributed by atoms with Crippen LogP contribution in [0.15, 0.2) is 48.5 Å². The van der Waals surface area contributed by atoms with Crippen LogP contribution in [-0.2, 0) is 20.7 Å². The van der Waals surface area contributed by atoms with Gasteiger partial charge < -0.3 is 25.1 Å². The van der Waals surface area contributed by atoms with Gasteiger partial charge in [-0.15, -0.1) is 0 Å². The van der Waals surface area contributed by atoms with Gasteiger partial charge in [-0.3, -0.25) is 14.8 Å². The van der Waals surface area contributed by atoms with Crippen molar-refractivity contribution < 1.29 is 24.3 Å². The summed E-state index contributed by atoms with van der Waals surface area (Å²) in [6.45, 7) is 4.72. The van der Waals surface area contributed by atoms with Crippen LogP contribution in [0.25, 0.3) is 10.9 Å². The first-order chi connectivity index (χ1) is 17.0. The standard InChI is InChI=1S/C25H26N5O6/c1-25(2,3)36-24(33)27-28-13-20(31)29-19(23(28)32)12-17-16-9-4-5-10-18(16)26-21(17)22(29)14-7-6-8-15(11-14)30(34)35/h4-11,19,22,26,34H,12-13H2,1-3H3,(H,27,33)/q-1. The highest BCUT2D eigenvalue weighted by atomic mass is 16.8. The molecule has 1 aromatic heterocycles. The minimum Gasteiger partial charge on any atom is -0.733 e. The predicted octanol–water partition coefficient (Wildman–Crippen LogP) is 2.99. The fraction of sp³-hybridized carbons (Fsp3) is 0.320. The number of carbonyl (C=O) groups excluding carboxylic acids is 3. The number of nitrogens with one attached hydrogen (secondary N) is 2. The lowest BCUT2D eigenvalue weighted by atomic mass is 9.86. The molecule has 0 saturated carbocycles. The van der Waals surface area contributed by atoms with Crippen molar-refractivity contribution in [3.8, 4) is 0 Å². The first-order valence-corrected chi connectivity index (χ1v) is 11.5. The second-order valence-corrected chi connectivity index (χ2v) is 9.89. The van der Waals surface area contributed by atoms with Gasteiger partial charge in [0.2, 0.25) is 5.91 Å². The number of hydrogen-bond acceptors (Lipinski definition) is 7. The number of para-hydroxylation sites is 1. The SMILES string of the molecule is CC(C)(C)OC(=O)NN1CC(=O)N2C(Cc3c([nH]c4ccccc34)C2c2cccc(N([O-])O)c2)C1=O. The summed E-state index contributed by atoms with van der Waals surface area (Å²) in [6.07, 6.45) is -0.594. The van der Waals surface area contributed by atoms with E-state index in [1.54, 1.807) is 32.9 Å². The number of carbonyl (C=O) groups is 3. The predicted molar refractivity (Wildman–Crippen MR) is 130 cm³/mol. The molecule has 1 fully saturated rings. The van der Waals surface area contributed by atoms with E-state index in [4.69, 9.17) is 4.74 Å². The maximum atomic E-state index is 13.6. The average molecular weight is 493 g/mol. The molecule has 3 N–H and O–H groups in total. The molecule has 0 spiro atoms. The number of nitrogens with zero attached hydrogens (tertiary/aromatic N) is 3. The van der Waals surface area contributed by atoms with Crippen LogP contribution in [0.4, 0.5) is 10.5 Å². The van der Waals surface area contributed by atoms with Gasteiger partial charge in [0.05, 0.1) is 11.7 Å². The maximum Gasteiger partial charge on any atom is 0.426 e. The Labute approximate surface area is 206 Å². The third-order valence-corrected chi connectivity index (χ3v) is 6.30. The Hall–Kier alpha value is -4.09. The molecule has 3 aromatic rings. The summed E-state index contributed by atoms with van der Waals surface area (Å²) < 4.78 is 5.26. The zero-order valence-corrected chi connectivity index (χ0v) is 20.0. The first kappa shape index (κ1) is 23.6.